The van der Waals surface area contributed by atoms with Gasteiger partial charge < -0.3 is 0 Å². The van der Waals surface area contributed by atoms with Crippen LogP contribution >= 0.6 is 15.9 Å². The standard InChI is InChI=1S/C19H17BrN2O2/c1-14-11-21(12-16-7-9-17(20)10-8-16)19(24)22(18(14)23)13-15-5-3-2-4-6-15/h2-11H,12-13H2,1H3. The molecule has 3 rings (SSSR count). The molecule has 2 aromatic carbocycles. The number of halogens is 1. The lowest BCUT2D eigenvalue weighted by molar-refractivity contribution is 0.605. The molecule has 0 saturated carbocycles. The minimum Gasteiger partial charge on any atom is -0.296 e. The van der Waals surface area contributed by atoms with Crippen molar-refractivity contribution in [2.45, 2.75) is 20.0 Å². The van der Waals surface area contributed by atoms with E-state index in [1.54, 1.807) is 17.7 Å². The van der Waals surface area contributed by atoms with Crippen molar-refractivity contribution in [1.82, 2.24) is 9.13 Å². The minimum atomic E-state index is -0.294. The molecule has 1 aromatic heterocycles. The van der Waals surface area contributed by atoms with Crippen LogP contribution in [0.15, 0.2) is 74.9 Å². The van der Waals surface area contributed by atoms with Crippen molar-refractivity contribution in [1.29, 1.82) is 0 Å². The Bertz CT molecular complexity index is 957. The van der Waals surface area contributed by atoms with Crippen molar-refractivity contribution in [3.8, 4) is 0 Å². The van der Waals surface area contributed by atoms with Gasteiger partial charge in [-0.25, -0.2) is 4.79 Å². The van der Waals surface area contributed by atoms with Gasteiger partial charge in [0.1, 0.15) is 0 Å². The summed E-state index contributed by atoms with van der Waals surface area (Å²) >= 11 is 3.40. The molecule has 122 valence electrons. The van der Waals surface area contributed by atoms with Crippen LogP contribution in [0.2, 0.25) is 0 Å². The molecule has 0 bridgehead atoms. The molecule has 0 saturated heterocycles. The second-order valence-electron chi connectivity index (χ2n) is 5.73. The molecule has 0 radical (unpaired) electrons. The highest BCUT2D eigenvalue weighted by molar-refractivity contribution is 9.10. The summed E-state index contributed by atoms with van der Waals surface area (Å²) in [4.78, 5) is 25.1. The zero-order chi connectivity index (χ0) is 17.1. The lowest BCUT2D eigenvalue weighted by Gasteiger charge is -2.12. The molecule has 0 aliphatic rings. The fraction of sp³-hybridized carbons (Fsp3) is 0.158. The maximum Gasteiger partial charge on any atom is 0.331 e. The molecule has 0 N–H and O–H groups in total. The first-order chi connectivity index (χ1) is 11.5. The highest BCUT2D eigenvalue weighted by atomic mass is 79.9. The number of hydrogen-bond acceptors (Lipinski definition) is 2. The Hall–Kier alpha value is -2.40. The molecule has 0 fully saturated rings. The fourth-order valence-corrected chi connectivity index (χ4v) is 2.87. The predicted octanol–water partition coefficient (Wildman–Crippen LogP) is 3.18. The van der Waals surface area contributed by atoms with Crippen LogP contribution in [0.25, 0.3) is 0 Å². The zero-order valence-electron chi connectivity index (χ0n) is 13.3. The summed E-state index contributed by atoms with van der Waals surface area (Å²) in [7, 11) is 0. The molecular formula is C19H17BrN2O2. The second kappa shape index (κ2) is 7.01. The van der Waals surface area contributed by atoms with E-state index in [4.69, 9.17) is 0 Å². The van der Waals surface area contributed by atoms with Crippen LogP contribution in [0.3, 0.4) is 0 Å². The Morgan fingerprint density at radius 3 is 2.17 bits per heavy atom. The van der Waals surface area contributed by atoms with E-state index in [2.05, 4.69) is 15.9 Å². The Morgan fingerprint density at radius 1 is 0.875 bits per heavy atom. The minimum absolute atomic E-state index is 0.240. The molecule has 5 heteroatoms. The normalized spacial score (nSPS) is 10.8. The summed E-state index contributed by atoms with van der Waals surface area (Å²) in [6, 6.07) is 17.3. The third-order valence-corrected chi connectivity index (χ3v) is 4.39. The van der Waals surface area contributed by atoms with E-state index in [9.17, 15) is 9.59 Å². The maximum absolute atomic E-state index is 12.7. The van der Waals surface area contributed by atoms with E-state index < -0.39 is 0 Å². The van der Waals surface area contributed by atoms with Crippen molar-refractivity contribution in [2.24, 2.45) is 0 Å². The van der Waals surface area contributed by atoms with Gasteiger partial charge in [0.2, 0.25) is 0 Å². The van der Waals surface area contributed by atoms with Gasteiger partial charge in [0.15, 0.2) is 0 Å². The Kier molecular flexibility index (Phi) is 4.81. The largest absolute Gasteiger partial charge is 0.331 e. The molecule has 4 nitrogen and oxygen atoms in total. The summed E-state index contributed by atoms with van der Waals surface area (Å²) in [5.41, 5.74) is 1.96. The number of aryl methyl sites for hydroxylation is 1. The van der Waals surface area contributed by atoms with E-state index in [1.165, 1.54) is 4.57 Å². The van der Waals surface area contributed by atoms with E-state index in [-0.39, 0.29) is 17.8 Å². The summed E-state index contributed by atoms with van der Waals surface area (Å²) in [5, 5.41) is 0. The molecule has 0 aliphatic heterocycles. The highest BCUT2D eigenvalue weighted by Gasteiger charge is 2.10. The highest BCUT2D eigenvalue weighted by Crippen LogP contribution is 2.11. The summed E-state index contributed by atoms with van der Waals surface area (Å²) in [5.74, 6) is 0. The van der Waals surface area contributed by atoms with Crippen molar-refractivity contribution in [3.05, 3.63) is 103 Å². The quantitative estimate of drug-likeness (QED) is 0.693. The van der Waals surface area contributed by atoms with Gasteiger partial charge >= 0.3 is 5.69 Å². The molecule has 0 spiro atoms. The van der Waals surface area contributed by atoms with Gasteiger partial charge in [-0.15, -0.1) is 0 Å². The van der Waals surface area contributed by atoms with Crippen molar-refractivity contribution < 1.29 is 0 Å². The predicted molar refractivity (Wildman–Crippen MR) is 98.5 cm³/mol. The van der Waals surface area contributed by atoms with E-state index in [0.717, 1.165) is 15.6 Å². The number of nitrogens with zero attached hydrogens (tertiary/aromatic N) is 2. The van der Waals surface area contributed by atoms with Gasteiger partial charge in [-0.05, 0) is 30.2 Å². The lowest BCUT2D eigenvalue weighted by atomic mass is 10.2. The van der Waals surface area contributed by atoms with Gasteiger partial charge in [0.05, 0.1) is 13.1 Å². The van der Waals surface area contributed by atoms with Gasteiger partial charge in [-0.1, -0.05) is 58.4 Å². The fourth-order valence-electron chi connectivity index (χ4n) is 2.60. The third-order valence-electron chi connectivity index (χ3n) is 3.86. The third kappa shape index (κ3) is 3.57. The number of rotatable bonds is 4. The molecule has 0 aliphatic carbocycles. The second-order valence-corrected chi connectivity index (χ2v) is 6.64. The Balaban J connectivity index is 2.01. The van der Waals surface area contributed by atoms with Gasteiger partial charge in [0.25, 0.3) is 5.56 Å². The van der Waals surface area contributed by atoms with Crippen molar-refractivity contribution in [3.63, 3.8) is 0 Å². The van der Waals surface area contributed by atoms with Crippen LogP contribution in [-0.4, -0.2) is 9.13 Å². The summed E-state index contributed by atoms with van der Waals surface area (Å²) < 4.78 is 3.87. The van der Waals surface area contributed by atoms with Gasteiger partial charge in [0, 0.05) is 16.2 Å². The molecule has 3 aromatic rings. The van der Waals surface area contributed by atoms with Gasteiger partial charge in [-0.2, -0.15) is 0 Å². The maximum atomic E-state index is 12.7. The number of benzene rings is 2. The Morgan fingerprint density at radius 2 is 1.50 bits per heavy atom. The number of hydrogen-bond donors (Lipinski definition) is 0. The van der Waals surface area contributed by atoms with Crippen molar-refractivity contribution >= 4 is 15.9 Å². The number of aromatic nitrogens is 2. The van der Waals surface area contributed by atoms with Crippen LogP contribution in [-0.2, 0) is 13.1 Å². The average molecular weight is 385 g/mol. The molecule has 24 heavy (non-hydrogen) atoms. The smallest absolute Gasteiger partial charge is 0.296 e. The van der Waals surface area contributed by atoms with Crippen LogP contribution < -0.4 is 11.2 Å². The molecule has 0 unspecified atom stereocenters. The molecule has 0 amide bonds. The Labute approximate surface area is 148 Å². The van der Waals surface area contributed by atoms with E-state index in [0.29, 0.717) is 12.1 Å². The van der Waals surface area contributed by atoms with Crippen LogP contribution in [0.4, 0.5) is 0 Å². The molecular weight excluding hydrogens is 368 g/mol. The summed E-state index contributed by atoms with van der Waals surface area (Å²) in [6.45, 7) is 2.45. The molecule has 0 atom stereocenters. The van der Waals surface area contributed by atoms with E-state index >= 15 is 0 Å². The first-order valence-electron chi connectivity index (χ1n) is 7.64. The monoisotopic (exact) mass is 384 g/mol. The van der Waals surface area contributed by atoms with Crippen molar-refractivity contribution in [2.75, 3.05) is 0 Å². The average Bonchev–Trinajstić information content (AvgIpc) is 2.59. The lowest BCUT2D eigenvalue weighted by Crippen LogP contribution is -2.41. The topological polar surface area (TPSA) is 44.0 Å². The van der Waals surface area contributed by atoms with E-state index in [1.807, 2.05) is 54.6 Å². The van der Waals surface area contributed by atoms with Gasteiger partial charge in [-0.3, -0.25) is 13.9 Å². The summed E-state index contributed by atoms with van der Waals surface area (Å²) in [6.07, 6.45) is 1.63. The van der Waals surface area contributed by atoms with Crippen LogP contribution in [0.1, 0.15) is 16.7 Å². The first-order valence-corrected chi connectivity index (χ1v) is 8.43. The first kappa shape index (κ1) is 16.5. The van der Waals surface area contributed by atoms with Crippen LogP contribution in [0, 0.1) is 6.92 Å². The van der Waals surface area contributed by atoms with Crippen LogP contribution in [0.5, 0.6) is 0 Å². The molecule has 1 heterocycles. The SMILES string of the molecule is Cc1cn(Cc2ccc(Br)cc2)c(=O)n(Cc2ccccc2)c1=O. The zero-order valence-corrected chi connectivity index (χ0v) is 14.9.